The number of rotatable bonds is 5. The monoisotopic (exact) mass is 296 g/mol. The fraction of sp³-hybridized carbons (Fsp3) is 0.600. The maximum atomic E-state index is 12.5. The summed E-state index contributed by atoms with van der Waals surface area (Å²) in [5.41, 5.74) is 0.858. The lowest BCUT2D eigenvalue weighted by Gasteiger charge is -2.37. The summed E-state index contributed by atoms with van der Waals surface area (Å²) >= 11 is 0. The highest BCUT2D eigenvalue weighted by atomic mass is 32.2. The summed E-state index contributed by atoms with van der Waals surface area (Å²) in [6.45, 7) is 3.39. The molecule has 2 rings (SSSR count). The van der Waals surface area contributed by atoms with Crippen LogP contribution in [0.2, 0.25) is 0 Å². The lowest BCUT2D eigenvalue weighted by molar-refractivity contribution is 0.209. The van der Waals surface area contributed by atoms with Gasteiger partial charge in [-0.1, -0.05) is 43.7 Å². The van der Waals surface area contributed by atoms with Gasteiger partial charge in [-0.2, -0.15) is 0 Å². The second-order valence-electron chi connectivity index (χ2n) is 5.45. The number of benzene rings is 1. The van der Waals surface area contributed by atoms with Gasteiger partial charge in [-0.15, -0.1) is 0 Å². The minimum Gasteiger partial charge on any atom is -0.317 e. The molecule has 1 saturated heterocycles. The molecule has 20 heavy (non-hydrogen) atoms. The second kappa shape index (κ2) is 6.70. The standard InChI is InChI=1S/C15H24N2O2S/c1-3-14-11-17(10-9-15(14)16-2)20(18,19)12-13-7-5-4-6-8-13/h4-8,14-16H,3,9-12H2,1-2H3. The van der Waals surface area contributed by atoms with Crippen molar-refractivity contribution in [2.75, 3.05) is 20.1 Å². The van der Waals surface area contributed by atoms with Gasteiger partial charge < -0.3 is 5.32 Å². The molecule has 1 aromatic carbocycles. The van der Waals surface area contributed by atoms with Crippen molar-refractivity contribution in [2.45, 2.75) is 31.6 Å². The molecular weight excluding hydrogens is 272 g/mol. The van der Waals surface area contributed by atoms with Crippen LogP contribution in [-0.2, 0) is 15.8 Å². The summed E-state index contributed by atoms with van der Waals surface area (Å²) < 4.78 is 26.7. The van der Waals surface area contributed by atoms with E-state index in [2.05, 4.69) is 12.2 Å². The quantitative estimate of drug-likeness (QED) is 0.902. The third kappa shape index (κ3) is 3.59. The Morgan fingerprint density at radius 2 is 2.00 bits per heavy atom. The Labute approximate surface area is 122 Å². The molecule has 1 aliphatic heterocycles. The molecule has 1 heterocycles. The van der Waals surface area contributed by atoms with Gasteiger partial charge in [0.25, 0.3) is 0 Å². The largest absolute Gasteiger partial charge is 0.317 e. The van der Waals surface area contributed by atoms with E-state index in [-0.39, 0.29) is 5.75 Å². The summed E-state index contributed by atoms with van der Waals surface area (Å²) in [6, 6.07) is 9.84. The first-order valence-electron chi connectivity index (χ1n) is 7.26. The Balaban J connectivity index is 2.07. The highest BCUT2D eigenvalue weighted by Gasteiger charge is 2.33. The van der Waals surface area contributed by atoms with E-state index in [4.69, 9.17) is 0 Å². The van der Waals surface area contributed by atoms with Gasteiger partial charge >= 0.3 is 0 Å². The fourth-order valence-corrected chi connectivity index (χ4v) is 4.52. The summed E-state index contributed by atoms with van der Waals surface area (Å²) in [5.74, 6) is 0.508. The van der Waals surface area contributed by atoms with Crippen LogP contribution in [0.4, 0.5) is 0 Å². The van der Waals surface area contributed by atoms with Crippen molar-refractivity contribution >= 4 is 10.0 Å². The molecule has 2 atom stereocenters. The van der Waals surface area contributed by atoms with Gasteiger partial charge in [0.05, 0.1) is 5.75 Å². The van der Waals surface area contributed by atoms with Gasteiger partial charge in [-0.3, -0.25) is 0 Å². The van der Waals surface area contributed by atoms with Gasteiger partial charge in [0, 0.05) is 19.1 Å². The number of hydrogen-bond donors (Lipinski definition) is 1. The van der Waals surface area contributed by atoms with Crippen molar-refractivity contribution in [3.05, 3.63) is 35.9 Å². The van der Waals surface area contributed by atoms with Crippen LogP contribution in [0.5, 0.6) is 0 Å². The lowest BCUT2D eigenvalue weighted by Crippen LogP contribution is -2.50. The predicted molar refractivity (Wildman–Crippen MR) is 81.9 cm³/mol. The maximum Gasteiger partial charge on any atom is 0.218 e. The first-order valence-corrected chi connectivity index (χ1v) is 8.86. The molecule has 4 nitrogen and oxygen atoms in total. The molecule has 0 aliphatic carbocycles. The number of sulfonamides is 1. The van der Waals surface area contributed by atoms with Crippen molar-refractivity contribution in [3.8, 4) is 0 Å². The molecule has 5 heteroatoms. The Morgan fingerprint density at radius 1 is 1.30 bits per heavy atom. The van der Waals surface area contributed by atoms with Crippen LogP contribution in [0.15, 0.2) is 30.3 Å². The Kier molecular flexibility index (Phi) is 5.18. The van der Waals surface area contributed by atoms with Crippen molar-refractivity contribution in [3.63, 3.8) is 0 Å². The molecule has 112 valence electrons. The molecule has 0 aromatic heterocycles. The zero-order valence-electron chi connectivity index (χ0n) is 12.2. The highest BCUT2D eigenvalue weighted by molar-refractivity contribution is 7.88. The van der Waals surface area contributed by atoms with Crippen LogP contribution in [0.1, 0.15) is 25.3 Å². The summed E-state index contributed by atoms with van der Waals surface area (Å²) in [4.78, 5) is 0. The first kappa shape index (κ1) is 15.5. The smallest absolute Gasteiger partial charge is 0.218 e. The average molecular weight is 296 g/mol. The zero-order chi connectivity index (χ0) is 14.6. The second-order valence-corrected chi connectivity index (χ2v) is 7.42. The Hall–Kier alpha value is -0.910. The lowest BCUT2D eigenvalue weighted by atomic mass is 9.91. The topological polar surface area (TPSA) is 49.4 Å². The number of nitrogens with one attached hydrogen (secondary N) is 1. The molecule has 0 bridgehead atoms. The number of nitrogens with zero attached hydrogens (tertiary/aromatic N) is 1. The number of piperidine rings is 1. The third-order valence-electron chi connectivity index (χ3n) is 4.18. The Bertz CT molecular complexity index is 516. The van der Waals surface area contributed by atoms with Crippen LogP contribution >= 0.6 is 0 Å². The minimum atomic E-state index is -3.21. The van der Waals surface area contributed by atoms with E-state index in [0.29, 0.717) is 25.0 Å². The van der Waals surface area contributed by atoms with E-state index in [1.807, 2.05) is 37.4 Å². The fourth-order valence-electron chi connectivity index (χ4n) is 2.92. The number of hydrogen-bond acceptors (Lipinski definition) is 3. The zero-order valence-corrected chi connectivity index (χ0v) is 13.1. The molecule has 0 saturated carbocycles. The molecule has 1 aliphatic rings. The van der Waals surface area contributed by atoms with Crippen molar-refractivity contribution in [2.24, 2.45) is 5.92 Å². The normalized spacial score (nSPS) is 24.7. The van der Waals surface area contributed by atoms with E-state index >= 15 is 0 Å². The van der Waals surface area contributed by atoms with E-state index in [1.54, 1.807) is 4.31 Å². The molecule has 0 spiro atoms. The van der Waals surface area contributed by atoms with Crippen molar-refractivity contribution in [1.29, 1.82) is 0 Å². The predicted octanol–water partition coefficient (Wildman–Crippen LogP) is 1.84. The van der Waals surface area contributed by atoms with Crippen molar-refractivity contribution in [1.82, 2.24) is 9.62 Å². The van der Waals surface area contributed by atoms with Gasteiger partial charge in [-0.25, -0.2) is 12.7 Å². The molecule has 2 unspecified atom stereocenters. The van der Waals surface area contributed by atoms with Crippen LogP contribution in [0.3, 0.4) is 0 Å². The molecule has 0 amide bonds. The van der Waals surface area contributed by atoms with E-state index in [0.717, 1.165) is 18.4 Å². The Morgan fingerprint density at radius 3 is 2.60 bits per heavy atom. The van der Waals surface area contributed by atoms with Gasteiger partial charge in [-0.05, 0) is 24.9 Å². The summed E-state index contributed by atoms with van der Waals surface area (Å²) in [6.07, 6.45) is 1.89. The molecule has 1 N–H and O–H groups in total. The molecule has 0 radical (unpaired) electrons. The van der Waals surface area contributed by atoms with Crippen LogP contribution in [0, 0.1) is 5.92 Å². The van der Waals surface area contributed by atoms with E-state index in [1.165, 1.54) is 0 Å². The van der Waals surface area contributed by atoms with Gasteiger partial charge in [0.2, 0.25) is 10.0 Å². The van der Waals surface area contributed by atoms with E-state index < -0.39 is 10.0 Å². The maximum absolute atomic E-state index is 12.5. The van der Waals surface area contributed by atoms with Crippen LogP contribution in [-0.4, -0.2) is 38.9 Å². The molecule has 1 fully saturated rings. The minimum absolute atomic E-state index is 0.106. The molecular formula is C15H24N2O2S. The average Bonchev–Trinajstić information content (AvgIpc) is 2.47. The van der Waals surface area contributed by atoms with Gasteiger partial charge in [0.15, 0.2) is 0 Å². The third-order valence-corrected chi connectivity index (χ3v) is 5.99. The highest BCUT2D eigenvalue weighted by Crippen LogP contribution is 2.23. The SMILES string of the molecule is CCC1CN(S(=O)(=O)Cc2ccccc2)CCC1NC. The summed E-state index contributed by atoms with van der Waals surface area (Å²) in [7, 11) is -1.25. The van der Waals surface area contributed by atoms with Crippen molar-refractivity contribution < 1.29 is 8.42 Å². The first-order chi connectivity index (χ1) is 9.56. The van der Waals surface area contributed by atoms with Gasteiger partial charge in [0.1, 0.15) is 0 Å². The van der Waals surface area contributed by atoms with Crippen LogP contribution in [0.25, 0.3) is 0 Å². The van der Waals surface area contributed by atoms with Crippen LogP contribution < -0.4 is 5.32 Å². The van der Waals surface area contributed by atoms with E-state index in [9.17, 15) is 8.42 Å². The summed E-state index contributed by atoms with van der Waals surface area (Å²) in [5, 5.41) is 3.31. The molecule has 1 aromatic rings.